The standard InChI is InChI=1S/C29H27ClN2O5/c1-34-26-16-24(31-12-11-25(33)21-17-32-23-8-6-5-7-20(21)23)19(15-22(26)30)10-9-18-13-27(35-2)29(37-4)28(14-18)36-3/h5-17,31-32H,1-4H3/b10-9+,12-11-. The van der Waals surface area contributed by atoms with Crippen LogP contribution in [0.25, 0.3) is 23.1 Å². The highest BCUT2D eigenvalue weighted by Crippen LogP contribution is 2.39. The van der Waals surface area contributed by atoms with Gasteiger partial charge in [-0.25, -0.2) is 0 Å². The van der Waals surface area contributed by atoms with E-state index in [4.69, 9.17) is 30.5 Å². The van der Waals surface area contributed by atoms with Crippen molar-refractivity contribution in [3.05, 3.63) is 88.7 Å². The van der Waals surface area contributed by atoms with Gasteiger partial charge in [0.15, 0.2) is 17.3 Å². The smallest absolute Gasteiger partial charge is 0.203 e. The van der Waals surface area contributed by atoms with Gasteiger partial charge in [-0.15, -0.1) is 0 Å². The topological polar surface area (TPSA) is 81.8 Å². The summed E-state index contributed by atoms with van der Waals surface area (Å²) in [5.74, 6) is 1.99. The van der Waals surface area contributed by atoms with Gasteiger partial charge >= 0.3 is 0 Å². The molecule has 3 aromatic carbocycles. The van der Waals surface area contributed by atoms with E-state index < -0.39 is 0 Å². The number of carbonyl (C=O) groups is 1. The Morgan fingerprint density at radius 1 is 0.892 bits per heavy atom. The van der Waals surface area contributed by atoms with Crippen molar-refractivity contribution in [1.29, 1.82) is 0 Å². The van der Waals surface area contributed by atoms with Gasteiger partial charge in [-0.1, -0.05) is 42.0 Å². The number of carbonyl (C=O) groups excluding carboxylic acids is 1. The van der Waals surface area contributed by atoms with Gasteiger partial charge in [0.1, 0.15) is 5.75 Å². The Hall–Kier alpha value is -4.36. The number of hydrogen-bond donors (Lipinski definition) is 2. The normalized spacial score (nSPS) is 11.3. The number of anilines is 1. The summed E-state index contributed by atoms with van der Waals surface area (Å²) < 4.78 is 21.7. The summed E-state index contributed by atoms with van der Waals surface area (Å²) in [4.78, 5) is 15.9. The molecule has 2 N–H and O–H groups in total. The number of halogens is 1. The maximum atomic E-state index is 12.8. The van der Waals surface area contributed by atoms with E-state index in [0.717, 1.165) is 22.0 Å². The van der Waals surface area contributed by atoms with E-state index >= 15 is 0 Å². The predicted molar refractivity (Wildman–Crippen MR) is 148 cm³/mol. The minimum Gasteiger partial charge on any atom is -0.495 e. The van der Waals surface area contributed by atoms with Crippen LogP contribution in [0, 0.1) is 0 Å². The molecule has 0 unspecified atom stereocenters. The van der Waals surface area contributed by atoms with Crippen LogP contribution in [-0.4, -0.2) is 39.2 Å². The molecule has 1 aromatic heterocycles. The minimum atomic E-state index is -0.125. The SMILES string of the molecule is COc1cc(N/C=C\C(=O)c2c[nH]c3ccccc23)c(/C=C/c2cc(OC)c(OC)c(OC)c2)cc1Cl. The number of fused-ring (bicyclic) bond motifs is 1. The molecule has 0 spiro atoms. The van der Waals surface area contributed by atoms with E-state index in [2.05, 4.69) is 10.3 Å². The van der Waals surface area contributed by atoms with Gasteiger partial charge in [0.2, 0.25) is 5.75 Å². The highest BCUT2D eigenvalue weighted by Gasteiger charge is 2.13. The Morgan fingerprint density at radius 3 is 2.27 bits per heavy atom. The fourth-order valence-electron chi connectivity index (χ4n) is 3.94. The van der Waals surface area contributed by atoms with Crippen molar-refractivity contribution in [1.82, 2.24) is 4.98 Å². The lowest BCUT2D eigenvalue weighted by molar-refractivity contribution is 0.104. The number of hydrogen-bond acceptors (Lipinski definition) is 6. The lowest BCUT2D eigenvalue weighted by Gasteiger charge is -2.13. The number of rotatable bonds is 10. The third kappa shape index (κ3) is 5.57. The number of para-hydroxylation sites is 1. The molecule has 37 heavy (non-hydrogen) atoms. The third-order valence-electron chi connectivity index (χ3n) is 5.79. The van der Waals surface area contributed by atoms with Crippen molar-refractivity contribution in [2.75, 3.05) is 33.8 Å². The number of H-pyrrole nitrogens is 1. The van der Waals surface area contributed by atoms with Gasteiger partial charge < -0.3 is 29.2 Å². The van der Waals surface area contributed by atoms with E-state index in [1.54, 1.807) is 53.0 Å². The summed E-state index contributed by atoms with van der Waals surface area (Å²) in [5.41, 5.74) is 3.83. The largest absolute Gasteiger partial charge is 0.495 e. The number of nitrogens with one attached hydrogen (secondary N) is 2. The summed E-state index contributed by atoms with van der Waals surface area (Å²) in [6.07, 6.45) is 8.60. The highest BCUT2D eigenvalue weighted by molar-refractivity contribution is 6.32. The zero-order valence-electron chi connectivity index (χ0n) is 20.9. The Morgan fingerprint density at radius 2 is 1.59 bits per heavy atom. The fourth-order valence-corrected chi connectivity index (χ4v) is 4.19. The van der Waals surface area contributed by atoms with Gasteiger partial charge in [0, 0.05) is 46.7 Å². The molecule has 7 nitrogen and oxygen atoms in total. The molecular weight excluding hydrogens is 492 g/mol. The number of benzene rings is 3. The second-order valence-electron chi connectivity index (χ2n) is 7.96. The molecule has 190 valence electrons. The third-order valence-corrected chi connectivity index (χ3v) is 6.09. The van der Waals surface area contributed by atoms with E-state index in [-0.39, 0.29) is 5.78 Å². The Kier molecular flexibility index (Phi) is 8.05. The summed E-state index contributed by atoms with van der Waals surface area (Å²) in [7, 11) is 6.25. The van der Waals surface area contributed by atoms with E-state index in [0.29, 0.717) is 39.3 Å². The van der Waals surface area contributed by atoms with Crippen LogP contribution in [0.1, 0.15) is 21.5 Å². The maximum Gasteiger partial charge on any atom is 0.203 e. The van der Waals surface area contributed by atoms with E-state index in [1.165, 1.54) is 6.08 Å². The van der Waals surface area contributed by atoms with Gasteiger partial charge in [-0.3, -0.25) is 4.79 Å². The molecule has 0 amide bonds. The maximum absolute atomic E-state index is 12.8. The van der Waals surface area contributed by atoms with Crippen molar-refractivity contribution in [3.63, 3.8) is 0 Å². The van der Waals surface area contributed by atoms with Gasteiger partial charge in [0.25, 0.3) is 0 Å². The van der Waals surface area contributed by atoms with Crippen LogP contribution < -0.4 is 24.3 Å². The second-order valence-corrected chi connectivity index (χ2v) is 8.36. The average Bonchev–Trinajstić information content (AvgIpc) is 3.36. The molecule has 0 bridgehead atoms. The molecule has 8 heteroatoms. The van der Waals surface area contributed by atoms with Crippen molar-refractivity contribution >= 4 is 46.1 Å². The molecular formula is C29H27ClN2O5. The molecule has 0 aliphatic carbocycles. The molecule has 0 aliphatic heterocycles. The first-order valence-electron chi connectivity index (χ1n) is 11.4. The van der Waals surface area contributed by atoms with Crippen molar-refractivity contribution in [3.8, 4) is 23.0 Å². The number of ether oxygens (including phenoxy) is 4. The predicted octanol–water partition coefficient (Wildman–Crippen LogP) is 6.83. The van der Waals surface area contributed by atoms with Crippen LogP contribution >= 0.6 is 11.6 Å². The number of aromatic nitrogens is 1. The summed E-state index contributed by atoms with van der Waals surface area (Å²) in [6, 6.07) is 14.9. The van der Waals surface area contributed by atoms with E-state index in [9.17, 15) is 4.79 Å². The summed E-state index contributed by atoms with van der Waals surface area (Å²) >= 11 is 6.41. The fraction of sp³-hybridized carbons (Fsp3) is 0.138. The summed E-state index contributed by atoms with van der Waals surface area (Å²) in [5, 5.41) is 4.51. The zero-order valence-corrected chi connectivity index (χ0v) is 21.7. The lowest BCUT2D eigenvalue weighted by atomic mass is 10.1. The molecule has 4 aromatic rings. The highest BCUT2D eigenvalue weighted by atomic mass is 35.5. The van der Waals surface area contributed by atoms with Crippen LogP contribution in [0.4, 0.5) is 5.69 Å². The van der Waals surface area contributed by atoms with Gasteiger partial charge in [-0.05, 0) is 35.4 Å². The van der Waals surface area contributed by atoms with Crippen molar-refractivity contribution < 1.29 is 23.7 Å². The van der Waals surface area contributed by atoms with Crippen LogP contribution in [0.15, 0.2) is 67.0 Å². The molecule has 0 saturated heterocycles. The molecule has 0 atom stereocenters. The first-order valence-corrected chi connectivity index (χ1v) is 11.8. The first-order chi connectivity index (χ1) is 18.0. The molecule has 0 aliphatic rings. The quantitative estimate of drug-likeness (QED) is 0.136. The Balaban J connectivity index is 1.62. The van der Waals surface area contributed by atoms with E-state index in [1.807, 2.05) is 48.6 Å². The second kappa shape index (κ2) is 11.6. The zero-order chi connectivity index (χ0) is 26.4. The number of methoxy groups -OCH3 is 4. The van der Waals surface area contributed by atoms with Crippen molar-refractivity contribution in [2.24, 2.45) is 0 Å². The Bertz CT molecular complexity index is 1460. The Labute approximate surface area is 220 Å². The molecule has 0 radical (unpaired) electrons. The molecule has 4 rings (SSSR count). The number of aromatic amines is 1. The van der Waals surface area contributed by atoms with Crippen LogP contribution in [0.3, 0.4) is 0 Å². The summed E-state index contributed by atoms with van der Waals surface area (Å²) in [6.45, 7) is 0. The molecule has 0 fully saturated rings. The van der Waals surface area contributed by atoms with Crippen LogP contribution in [0.2, 0.25) is 5.02 Å². The molecule has 1 heterocycles. The minimum absolute atomic E-state index is 0.125. The van der Waals surface area contributed by atoms with Crippen molar-refractivity contribution in [2.45, 2.75) is 0 Å². The average molecular weight is 519 g/mol. The van der Waals surface area contributed by atoms with Crippen LogP contribution in [-0.2, 0) is 0 Å². The monoisotopic (exact) mass is 518 g/mol. The van der Waals surface area contributed by atoms with Gasteiger partial charge in [0.05, 0.1) is 33.5 Å². The first kappa shape index (κ1) is 25.7. The lowest BCUT2D eigenvalue weighted by Crippen LogP contribution is -1.97. The molecule has 0 saturated carbocycles. The van der Waals surface area contributed by atoms with Gasteiger partial charge in [-0.2, -0.15) is 0 Å². The number of ketones is 1. The van der Waals surface area contributed by atoms with Crippen LogP contribution in [0.5, 0.6) is 23.0 Å². The number of allylic oxidation sites excluding steroid dienone is 1.